The maximum Gasteiger partial charge on any atom is 0.242 e. The largest absolute Gasteiger partial charge is 0.339 e. The van der Waals surface area contributed by atoms with Crippen molar-refractivity contribution in [3.63, 3.8) is 0 Å². The molecule has 8 nitrogen and oxygen atoms in total. The van der Waals surface area contributed by atoms with Gasteiger partial charge in [0.15, 0.2) is 0 Å². The number of thioether (sulfide) groups is 1. The lowest BCUT2D eigenvalue weighted by Gasteiger charge is -2.35. The number of para-hydroxylation sites is 1. The molecule has 1 fully saturated rings. The molecule has 0 saturated carbocycles. The molecule has 0 N–H and O–H groups in total. The van der Waals surface area contributed by atoms with E-state index in [1.54, 1.807) is 25.4 Å². The molecule has 41 heavy (non-hydrogen) atoms. The minimum absolute atomic E-state index is 0.0123. The molecule has 10 heteroatoms. The normalized spacial score (nSPS) is 17.9. The number of benzene rings is 2. The minimum atomic E-state index is -0.407. The van der Waals surface area contributed by atoms with Gasteiger partial charge in [0.05, 0.1) is 22.4 Å². The maximum absolute atomic E-state index is 14.5. The number of anilines is 1. The van der Waals surface area contributed by atoms with Gasteiger partial charge in [0.2, 0.25) is 17.7 Å². The van der Waals surface area contributed by atoms with Crippen LogP contribution in [0.4, 0.5) is 10.2 Å². The van der Waals surface area contributed by atoms with Crippen molar-refractivity contribution < 1.29 is 18.8 Å². The second-order valence-corrected chi connectivity index (χ2v) is 12.7. The number of carbonyl (C=O) groups is 3. The average Bonchev–Trinajstić information content (AvgIpc) is 3.26. The second-order valence-electron chi connectivity index (χ2n) is 11.6. The van der Waals surface area contributed by atoms with Crippen molar-refractivity contribution >= 4 is 35.3 Å². The summed E-state index contributed by atoms with van der Waals surface area (Å²) in [6, 6.07) is 14.3. The van der Waals surface area contributed by atoms with E-state index in [9.17, 15) is 18.8 Å². The van der Waals surface area contributed by atoms with Crippen LogP contribution in [0.5, 0.6) is 0 Å². The van der Waals surface area contributed by atoms with Gasteiger partial charge in [-0.3, -0.25) is 19.3 Å². The van der Waals surface area contributed by atoms with E-state index in [2.05, 4.69) is 20.8 Å². The molecule has 2 aromatic carbocycles. The van der Waals surface area contributed by atoms with Crippen LogP contribution in [0, 0.1) is 12.7 Å². The Balaban J connectivity index is 1.66. The summed E-state index contributed by atoms with van der Waals surface area (Å²) in [6.45, 7) is 11.3. The SMILES string of the molecule is CC(=O)N1CCN(C(=O)CN2C(=O)CS[C@H](c3cccc(F)c3)c3c(C(C)(C)C)nn(-c4ccccc4C)c32)CC1. The van der Waals surface area contributed by atoms with Gasteiger partial charge in [0, 0.05) is 44.1 Å². The summed E-state index contributed by atoms with van der Waals surface area (Å²) in [5.74, 6) is -0.0809. The van der Waals surface area contributed by atoms with Crippen LogP contribution < -0.4 is 4.90 Å². The lowest BCUT2D eigenvalue weighted by Crippen LogP contribution is -2.53. The number of fused-ring (bicyclic) bond motifs is 1. The molecule has 0 radical (unpaired) electrons. The number of carbonyl (C=O) groups excluding carboxylic acids is 3. The van der Waals surface area contributed by atoms with Crippen LogP contribution in [0.1, 0.15) is 55.3 Å². The first kappa shape index (κ1) is 28.9. The van der Waals surface area contributed by atoms with E-state index in [0.717, 1.165) is 28.1 Å². The summed E-state index contributed by atoms with van der Waals surface area (Å²) in [5.41, 5.74) is 3.72. The predicted octanol–water partition coefficient (Wildman–Crippen LogP) is 4.48. The number of aryl methyl sites for hydroxylation is 1. The monoisotopic (exact) mass is 577 g/mol. The molecule has 3 heterocycles. The summed E-state index contributed by atoms with van der Waals surface area (Å²) < 4.78 is 16.3. The molecule has 0 aliphatic carbocycles. The topological polar surface area (TPSA) is 78.8 Å². The zero-order valence-corrected chi connectivity index (χ0v) is 25.0. The number of nitrogens with zero attached hydrogens (tertiary/aromatic N) is 5. The fraction of sp³-hybridized carbons (Fsp3) is 0.419. The zero-order chi connectivity index (χ0) is 29.5. The van der Waals surface area contributed by atoms with E-state index >= 15 is 0 Å². The summed E-state index contributed by atoms with van der Waals surface area (Å²) in [5, 5.41) is 4.75. The van der Waals surface area contributed by atoms with E-state index in [-0.39, 0.29) is 41.1 Å². The van der Waals surface area contributed by atoms with Crippen molar-refractivity contribution in [1.29, 1.82) is 0 Å². The lowest BCUT2D eigenvalue weighted by atomic mass is 9.87. The average molecular weight is 578 g/mol. The molecule has 0 unspecified atom stereocenters. The number of piperazine rings is 1. The predicted molar refractivity (Wildman–Crippen MR) is 159 cm³/mol. The van der Waals surface area contributed by atoms with Gasteiger partial charge >= 0.3 is 0 Å². The highest BCUT2D eigenvalue weighted by Crippen LogP contribution is 2.48. The maximum atomic E-state index is 14.5. The minimum Gasteiger partial charge on any atom is -0.339 e. The van der Waals surface area contributed by atoms with Gasteiger partial charge in [-0.25, -0.2) is 9.07 Å². The molecular formula is C31H36FN5O3S. The third kappa shape index (κ3) is 5.75. The fourth-order valence-corrected chi connectivity index (χ4v) is 6.67. The van der Waals surface area contributed by atoms with E-state index in [0.29, 0.717) is 32.0 Å². The Morgan fingerprint density at radius 3 is 2.34 bits per heavy atom. The van der Waals surface area contributed by atoms with Crippen molar-refractivity contribution in [3.05, 3.63) is 76.7 Å². The van der Waals surface area contributed by atoms with Crippen molar-refractivity contribution in [2.24, 2.45) is 0 Å². The zero-order valence-electron chi connectivity index (χ0n) is 24.2. The standard InChI is InChI=1S/C31H36FN5O3S/c1-20-9-6-7-12-24(20)37-30-27(29(33-37)31(3,4)5)28(22-10-8-11-23(32)17-22)41-19-26(40)36(30)18-25(39)35-15-13-34(14-16-35)21(2)38/h6-12,17,28H,13-16,18-19H2,1-5H3/t28-/m1/s1. The molecule has 1 aromatic heterocycles. The number of rotatable bonds is 4. The molecule has 5 rings (SSSR count). The van der Waals surface area contributed by atoms with E-state index < -0.39 is 5.41 Å². The highest BCUT2D eigenvalue weighted by atomic mass is 32.2. The van der Waals surface area contributed by atoms with Gasteiger partial charge in [-0.15, -0.1) is 11.8 Å². The summed E-state index contributed by atoms with van der Waals surface area (Å²) in [4.78, 5) is 44.3. The first-order chi connectivity index (χ1) is 19.5. The molecule has 2 aliphatic heterocycles. The Hall–Kier alpha value is -3.66. The van der Waals surface area contributed by atoms with Crippen LogP contribution >= 0.6 is 11.8 Å². The van der Waals surface area contributed by atoms with Crippen LogP contribution in [0.3, 0.4) is 0 Å². The number of aromatic nitrogens is 2. The lowest BCUT2D eigenvalue weighted by molar-refractivity contribution is -0.137. The summed E-state index contributed by atoms with van der Waals surface area (Å²) >= 11 is 1.43. The molecule has 216 valence electrons. The molecule has 3 aromatic rings. The highest BCUT2D eigenvalue weighted by molar-refractivity contribution is 8.00. The van der Waals surface area contributed by atoms with Crippen LogP contribution in [0.2, 0.25) is 0 Å². The summed E-state index contributed by atoms with van der Waals surface area (Å²) in [7, 11) is 0. The fourth-order valence-electron chi connectivity index (χ4n) is 5.48. The first-order valence-electron chi connectivity index (χ1n) is 13.9. The Bertz CT molecular complexity index is 1490. The van der Waals surface area contributed by atoms with Gasteiger partial charge in [0.1, 0.15) is 18.2 Å². The smallest absolute Gasteiger partial charge is 0.242 e. The van der Waals surface area contributed by atoms with Crippen LogP contribution in [-0.2, 0) is 19.8 Å². The van der Waals surface area contributed by atoms with E-state index in [1.807, 2.05) is 37.3 Å². The van der Waals surface area contributed by atoms with E-state index in [4.69, 9.17) is 5.10 Å². The molecule has 0 bridgehead atoms. The van der Waals surface area contributed by atoms with Crippen LogP contribution in [-0.4, -0.2) is 75.8 Å². The quantitative estimate of drug-likeness (QED) is 0.457. The summed E-state index contributed by atoms with van der Waals surface area (Å²) in [6.07, 6.45) is 0. The van der Waals surface area contributed by atoms with Gasteiger partial charge in [-0.1, -0.05) is 51.1 Å². The number of halogens is 1. The number of hydrogen-bond acceptors (Lipinski definition) is 5. The van der Waals surface area contributed by atoms with Crippen molar-refractivity contribution in [3.8, 4) is 5.69 Å². The Kier molecular flexibility index (Phi) is 7.96. The molecule has 1 saturated heterocycles. The Morgan fingerprint density at radius 2 is 1.71 bits per heavy atom. The third-order valence-electron chi connectivity index (χ3n) is 7.67. The van der Waals surface area contributed by atoms with Gasteiger partial charge in [-0.2, -0.15) is 5.10 Å². The molecular weight excluding hydrogens is 541 g/mol. The van der Waals surface area contributed by atoms with Gasteiger partial charge < -0.3 is 9.80 Å². The van der Waals surface area contributed by atoms with Crippen LogP contribution in [0.15, 0.2) is 48.5 Å². The third-order valence-corrected chi connectivity index (χ3v) is 8.92. The van der Waals surface area contributed by atoms with Crippen molar-refractivity contribution in [2.45, 2.75) is 45.3 Å². The number of hydrogen-bond donors (Lipinski definition) is 0. The Morgan fingerprint density at radius 1 is 1.02 bits per heavy atom. The Labute approximate surface area is 244 Å². The first-order valence-corrected chi connectivity index (χ1v) is 14.9. The number of amides is 3. The van der Waals surface area contributed by atoms with Gasteiger partial charge in [-0.05, 0) is 36.2 Å². The highest BCUT2D eigenvalue weighted by Gasteiger charge is 2.40. The molecule has 2 aliphatic rings. The molecule has 0 spiro atoms. The molecule has 3 amide bonds. The van der Waals surface area contributed by atoms with Crippen molar-refractivity contribution in [2.75, 3.05) is 43.4 Å². The second kappa shape index (κ2) is 11.3. The molecule has 1 atom stereocenters. The van der Waals surface area contributed by atoms with Crippen molar-refractivity contribution in [1.82, 2.24) is 19.6 Å². The van der Waals surface area contributed by atoms with Crippen LogP contribution in [0.25, 0.3) is 5.69 Å². The van der Waals surface area contributed by atoms with E-state index in [1.165, 1.54) is 30.8 Å². The van der Waals surface area contributed by atoms with Gasteiger partial charge in [0.25, 0.3) is 0 Å².